The van der Waals surface area contributed by atoms with E-state index in [2.05, 4.69) is 5.10 Å². The Hall–Kier alpha value is -3.18. The molecule has 0 atom stereocenters. The zero-order valence-electron chi connectivity index (χ0n) is 18.3. The van der Waals surface area contributed by atoms with Crippen molar-refractivity contribution in [2.75, 3.05) is 6.61 Å². The van der Waals surface area contributed by atoms with E-state index >= 15 is 0 Å². The maximum Gasteiger partial charge on any atom is 0.223 e. The van der Waals surface area contributed by atoms with Crippen LogP contribution >= 0.6 is 11.6 Å². The topological polar surface area (TPSA) is 61.2 Å². The fourth-order valence-corrected chi connectivity index (χ4v) is 3.72. The summed E-state index contributed by atoms with van der Waals surface area (Å²) < 4.78 is 7.20. The van der Waals surface area contributed by atoms with E-state index in [1.165, 1.54) is 10.9 Å². The minimum absolute atomic E-state index is 0.177. The fraction of sp³-hybridized carbons (Fsp3) is 0.240. The molecular formula is C25H25ClN2O3. The molecule has 0 saturated carbocycles. The van der Waals surface area contributed by atoms with Gasteiger partial charge in [0.15, 0.2) is 18.2 Å². The van der Waals surface area contributed by atoms with Crippen LogP contribution in [0.25, 0.3) is 5.57 Å². The van der Waals surface area contributed by atoms with E-state index in [1.54, 1.807) is 43.4 Å². The Morgan fingerprint density at radius 2 is 1.71 bits per heavy atom. The number of ketones is 2. The molecule has 0 aliphatic heterocycles. The standard InChI is InChI=1S/C25H25ClN2O3/c1-15(2)16(3)23-17(4)19(11-12-21(23)26)24(30)20-13-27-28(5)25(20)31-14-22(29)18-9-7-6-8-10-18/h6-13H,14H2,1-5H3. The summed E-state index contributed by atoms with van der Waals surface area (Å²) in [5, 5.41) is 4.77. The first-order valence-electron chi connectivity index (χ1n) is 9.93. The van der Waals surface area contributed by atoms with Crippen LogP contribution in [0.4, 0.5) is 0 Å². The Kier molecular flexibility index (Phi) is 6.76. The first-order valence-corrected chi connectivity index (χ1v) is 10.3. The summed E-state index contributed by atoms with van der Waals surface area (Å²) in [6.07, 6.45) is 1.46. The van der Waals surface area contributed by atoms with Gasteiger partial charge in [-0.15, -0.1) is 0 Å². The minimum Gasteiger partial charge on any atom is -0.469 e. The van der Waals surface area contributed by atoms with Crippen molar-refractivity contribution in [1.82, 2.24) is 9.78 Å². The largest absolute Gasteiger partial charge is 0.469 e. The monoisotopic (exact) mass is 436 g/mol. The fourth-order valence-electron chi connectivity index (χ4n) is 3.37. The smallest absolute Gasteiger partial charge is 0.223 e. The Bertz CT molecular complexity index is 1170. The summed E-state index contributed by atoms with van der Waals surface area (Å²) in [6.45, 7) is 7.71. The summed E-state index contributed by atoms with van der Waals surface area (Å²) in [4.78, 5) is 25.8. The van der Waals surface area contributed by atoms with Crippen molar-refractivity contribution in [3.8, 4) is 5.88 Å². The van der Waals surface area contributed by atoms with Crippen LogP contribution < -0.4 is 4.74 Å². The van der Waals surface area contributed by atoms with E-state index < -0.39 is 0 Å². The number of carbonyl (C=O) groups excluding carboxylic acids is 2. The number of Topliss-reactive ketones (excluding diaryl/α,β-unsaturated/α-hetero) is 1. The van der Waals surface area contributed by atoms with Crippen LogP contribution in [0, 0.1) is 6.92 Å². The second-order valence-electron chi connectivity index (χ2n) is 7.61. The lowest BCUT2D eigenvalue weighted by Crippen LogP contribution is -2.15. The van der Waals surface area contributed by atoms with E-state index in [4.69, 9.17) is 16.3 Å². The highest BCUT2D eigenvalue weighted by molar-refractivity contribution is 6.32. The molecule has 31 heavy (non-hydrogen) atoms. The van der Waals surface area contributed by atoms with Crippen molar-refractivity contribution < 1.29 is 14.3 Å². The number of aryl methyl sites for hydroxylation is 1. The van der Waals surface area contributed by atoms with E-state index in [0.29, 0.717) is 21.7 Å². The second-order valence-corrected chi connectivity index (χ2v) is 8.02. The van der Waals surface area contributed by atoms with Crippen LogP contribution in [-0.2, 0) is 7.05 Å². The quantitative estimate of drug-likeness (QED) is 0.446. The van der Waals surface area contributed by atoms with Crippen LogP contribution in [0.2, 0.25) is 5.02 Å². The molecule has 5 nitrogen and oxygen atoms in total. The minimum atomic E-state index is -0.229. The molecule has 0 aliphatic carbocycles. The number of benzene rings is 2. The third-order valence-corrected chi connectivity index (χ3v) is 5.66. The average Bonchev–Trinajstić information content (AvgIpc) is 3.12. The summed E-state index contributed by atoms with van der Waals surface area (Å²) in [5.41, 5.74) is 5.19. The van der Waals surface area contributed by atoms with Crippen molar-refractivity contribution in [3.63, 3.8) is 0 Å². The van der Waals surface area contributed by atoms with E-state index in [0.717, 1.165) is 22.3 Å². The molecule has 0 aliphatic rings. The van der Waals surface area contributed by atoms with Crippen LogP contribution in [0.5, 0.6) is 5.88 Å². The van der Waals surface area contributed by atoms with Crippen molar-refractivity contribution >= 4 is 28.7 Å². The normalized spacial score (nSPS) is 10.6. The first kappa shape index (κ1) is 22.5. The van der Waals surface area contributed by atoms with Crippen molar-refractivity contribution in [2.45, 2.75) is 27.7 Å². The molecule has 0 radical (unpaired) electrons. The number of hydrogen-bond acceptors (Lipinski definition) is 4. The Morgan fingerprint density at radius 1 is 1.03 bits per heavy atom. The lowest BCUT2D eigenvalue weighted by molar-refractivity contribution is 0.0908. The number of carbonyl (C=O) groups is 2. The van der Waals surface area contributed by atoms with Gasteiger partial charge in [-0.05, 0) is 56.5 Å². The SMILES string of the molecule is CC(C)=C(C)c1c(Cl)ccc(C(=O)c2cnn(C)c2OCC(=O)c2ccccc2)c1C. The summed E-state index contributed by atoms with van der Waals surface area (Å²) in [7, 11) is 1.67. The van der Waals surface area contributed by atoms with Gasteiger partial charge in [0.1, 0.15) is 5.56 Å². The predicted molar refractivity (Wildman–Crippen MR) is 123 cm³/mol. The van der Waals surface area contributed by atoms with Crippen molar-refractivity contribution in [2.24, 2.45) is 7.05 Å². The number of aromatic nitrogens is 2. The van der Waals surface area contributed by atoms with Gasteiger partial charge in [-0.1, -0.05) is 47.5 Å². The van der Waals surface area contributed by atoms with Crippen LogP contribution in [0.3, 0.4) is 0 Å². The molecule has 0 unspecified atom stereocenters. The Labute approximate surface area is 187 Å². The molecule has 6 heteroatoms. The zero-order chi connectivity index (χ0) is 22.7. The van der Waals surface area contributed by atoms with Crippen LogP contribution in [0.15, 0.2) is 54.2 Å². The first-order chi connectivity index (χ1) is 14.7. The molecule has 0 amide bonds. The van der Waals surface area contributed by atoms with Gasteiger partial charge in [-0.2, -0.15) is 5.10 Å². The number of rotatable bonds is 7. The van der Waals surface area contributed by atoms with Gasteiger partial charge >= 0.3 is 0 Å². The van der Waals surface area contributed by atoms with Crippen LogP contribution in [-0.4, -0.2) is 28.0 Å². The maximum atomic E-state index is 13.4. The van der Waals surface area contributed by atoms with Gasteiger partial charge in [-0.3, -0.25) is 9.59 Å². The molecule has 2 aromatic carbocycles. The number of ether oxygens (including phenoxy) is 1. The molecule has 3 rings (SSSR count). The lowest BCUT2D eigenvalue weighted by atomic mass is 9.92. The second kappa shape index (κ2) is 9.31. The highest BCUT2D eigenvalue weighted by Crippen LogP contribution is 2.33. The van der Waals surface area contributed by atoms with Crippen LogP contribution in [0.1, 0.15) is 58.2 Å². The molecule has 0 N–H and O–H groups in total. The number of hydrogen-bond donors (Lipinski definition) is 0. The van der Waals surface area contributed by atoms with Crippen molar-refractivity contribution in [1.29, 1.82) is 0 Å². The number of allylic oxidation sites excluding steroid dienone is 2. The molecule has 1 aromatic heterocycles. The van der Waals surface area contributed by atoms with E-state index in [-0.39, 0.29) is 24.1 Å². The molecular weight excluding hydrogens is 412 g/mol. The van der Waals surface area contributed by atoms with Gasteiger partial charge in [0.2, 0.25) is 5.88 Å². The Morgan fingerprint density at radius 3 is 2.35 bits per heavy atom. The highest BCUT2D eigenvalue weighted by Gasteiger charge is 2.23. The van der Waals surface area contributed by atoms with E-state index in [1.807, 2.05) is 33.8 Å². The van der Waals surface area contributed by atoms with Gasteiger partial charge in [-0.25, -0.2) is 4.68 Å². The van der Waals surface area contributed by atoms with Crippen molar-refractivity contribution in [3.05, 3.63) is 87.1 Å². The predicted octanol–water partition coefficient (Wildman–Crippen LogP) is 5.69. The van der Waals surface area contributed by atoms with Gasteiger partial charge < -0.3 is 4.74 Å². The number of nitrogens with zero attached hydrogens (tertiary/aromatic N) is 2. The van der Waals surface area contributed by atoms with Gasteiger partial charge in [0, 0.05) is 23.2 Å². The molecule has 0 fully saturated rings. The van der Waals surface area contributed by atoms with Gasteiger partial charge in [0.25, 0.3) is 0 Å². The third kappa shape index (κ3) is 4.62. The third-order valence-electron chi connectivity index (χ3n) is 5.35. The summed E-state index contributed by atoms with van der Waals surface area (Å²) >= 11 is 6.45. The van der Waals surface area contributed by atoms with Gasteiger partial charge in [0.05, 0.1) is 6.20 Å². The summed E-state index contributed by atoms with van der Waals surface area (Å²) in [6, 6.07) is 12.3. The molecule has 0 bridgehead atoms. The number of halogens is 1. The molecule has 0 spiro atoms. The average molecular weight is 437 g/mol. The lowest BCUT2D eigenvalue weighted by Gasteiger charge is -2.15. The molecule has 160 valence electrons. The Balaban J connectivity index is 1.93. The molecule has 1 heterocycles. The van der Waals surface area contributed by atoms with E-state index in [9.17, 15) is 9.59 Å². The maximum absolute atomic E-state index is 13.4. The molecule has 3 aromatic rings. The zero-order valence-corrected chi connectivity index (χ0v) is 19.1. The summed E-state index contributed by atoms with van der Waals surface area (Å²) in [5.74, 6) is -0.152. The molecule has 0 saturated heterocycles. The highest BCUT2D eigenvalue weighted by atomic mass is 35.5.